The first-order chi connectivity index (χ1) is 10.2. The number of halogens is 3. The molecule has 1 aromatic heterocycles. The number of aliphatic hydroxyl groups excluding tert-OH is 3. The van der Waals surface area contributed by atoms with Crippen LogP contribution >= 0.6 is 34.8 Å². The molecule has 1 aromatic rings. The molecule has 0 radical (unpaired) electrons. The number of aliphatic hydroxyl groups is 3. The van der Waals surface area contributed by atoms with Crippen molar-refractivity contribution in [3.8, 4) is 5.88 Å². The number of aliphatic carboxylic acids is 1. The van der Waals surface area contributed by atoms with Crippen molar-refractivity contribution in [1.82, 2.24) is 4.98 Å². The Morgan fingerprint density at radius 2 is 1.77 bits per heavy atom. The van der Waals surface area contributed by atoms with Crippen LogP contribution < -0.4 is 4.74 Å². The number of ether oxygens (including phenoxy) is 2. The summed E-state index contributed by atoms with van der Waals surface area (Å²) in [7, 11) is 0. The number of aromatic nitrogens is 1. The van der Waals surface area contributed by atoms with Gasteiger partial charge in [-0.25, -0.2) is 4.79 Å². The lowest BCUT2D eigenvalue weighted by Gasteiger charge is -2.38. The molecule has 11 heteroatoms. The molecule has 0 aliphatic carbocycles. The summed E-state index contributed by atoms with van der Waals surface area (Å²) < 4.78 is 10.1. The number of carboxylic acid groups (broad SMARTS) is 1. The lowest BCUT2D eigenvalue weighted by Crippen LogP contribution is -2.61. The number of hydrogen-bond donors (Lipinski definition) is 4. The molecule has 8 nitrogen and oxygen atoms in total. The Morgan fingerprint density at radius 1 is 1.14 bits per heavy atom. The van der Waals surface area contributed by atoms with Gasteiger partial charge in [-0.1, -0.05) is 34.8 Å². The molecular weight excluding hydrogens is 364 g/mol. The van der Waals surface area contributed by atoms with Crippen molar-refractivity contribution in [2.75, 3.05) is 0 Å². The third-order valence-electron chi connectivity index (χ3n) is 2.90. The van der Waals surface area contributed by atoms with Crippen molar-refractivity contribution in [2.45, 2.75) is 30.7 Å². The van der Waals surface area contributed by atoms with Crippen molar-refractivity contribution < 1.29 is 34.7 Å². The van der Waals surface area contributed by atoms with Gasteiger partial charge >= 0.3 is 5.97 Å². The highest BCUT2D eigenvalue weighted by atomic mass is 35.5. The minimum atomic E-state index is -1.83. The van der Waals surface area contributed by atoms with Crippen LogP contribution in [0.5, 0.6) is 5.88 Å². The second kappa shape index (κ2) is 6.71. The number of hydrogen-bond acceptors (Lipinski definition) is 7. The molecule has 0 saturated carbocycles. The van der Waals surface area contributed by atoms with Crippen molar-refractivity contribution >= 4 is 40.8 Å². The number of carbonyl (C=O) groups is 1. The van der Waals surface area contributed by atoms with E-state index < -0.39 is 36.7 Å². The number of pyridine rings is 1. The molecule has 5 atom stereocenters. The highest BCUT2D eigenvalue weighted by Crippen LogP contribution is 2.32. The fraction of sp³-hybridized carbons (Fsp3) is 0.455. The Labute approximate surface area is 138 Å². The van der Waals surface area contributed by atoms with Crippen molar-refractivity contribution in [3.05, 3.63) is 21.3 Å². The first-order valence-electron chi connectivity index (χ1n) is 5.83. The SMILES string of the molecule is O=C(O)[C@@H]1O[C@@H](Oc2nc(Cl)c(Cl)cc2Cl)[C@H](O)[C@@H](O)[C@@H]1O. The maximum atomic E-state index is 11.0. The predicted molar refractivity (Wildman–Crippen MR) is 74.2 cm³/mol. The van der Waals surface area contributed by atoms with E-state index in [2.05, 4.69) is 4.98 Å². The van der Waals surface area contributed by atoms with Crippen LogP contribution in [0.15, 0.2) is 6.07 Å². The van der Waals surface area contributed by atoms with Gasteiger partial charge in [0.25, 0.3) is 0 Å². The summed E-state index contributed by atoms with van der Waals surface area (Å²) in [5.74, 6) is -1.83. The predicted octanol–water partition coefficient (Wildman–Crippen LogP) is 0.313. The van der Waals surface area contributed by atoms with E-state index in [9.17, 15) is 20.1 Å². The fourth-order valence-electron chi connectivity index (χ4n) is 1.77. The van der Waals surface area contributed by atoms with E-state index >= 15 is 0 Å². The first-order valence-corrected chi connectivity index (χ1v) is 6.96. The summed E-state index contributed by atoms with van der Waals surface area (Å²) in [6.07, 6.45) is -8.81. The van der Waals surface area contributed by atoms with E-state index in [1.165, 1.54) is 6.07 Å². The second-order valence-electron chi connectivity index (χ2n) is 4.40. The molecule has 1 saturated heterocycles. The highest BCUT2D eigenvalue weighted by Gasteiger charge is 2.48. The lowest BCUT2D eigenvalue weighted by molar-refractivity contribution is -0.271. The Hall–Kier alpha value is -0.870. The number of carboxylic acids is 1. The van der Waals surface area contributed by atoms with Crippen molar-refractivity contribution in [1.29, 1.82) is 0 Å². The van der Waals surface area contributed by atoms with Gasteiger partial charge in [-0.2, -0.15) is 4.98 Å². The quantitative estimate of drug-likeness (QED) is 0.556. The van der Waals surface area contributed by atoms with Gasteiger partial charge in [-0.15, -0.1) is 0 Å². The first kappa shape index (κ1) is 17.5. The van der Waals surface area contributed by atoms with E-state index in [0.29, 0.717) is 0 Å². The average Bonchev–Trinajstić information content (AvgIpc) is 2.44. The summed E-state index contributed by atoms with van der Waals surface area (Å²) in [6.45, 7) is 0. The van der Waals surface area contributed by atoms with Crippen LogP contribution in [-0.2, 0) is 9.53 Å². The minimum Gasteiger partial charge on any atom is -0.479 e. The van der Waals surface area contributed by atoms with Crippen LogP contribution in [0.1, 0.15) is 0 Å². The van der Waals surface area contributed by atoms with Gasteiger partial charge in [0.15, 0.2) is 11.3 Å². The van der Waals surface area contributed by atoms with Crippen LogP contribution in [0.4, 0.5) is 0 Å². The zero-order valence-corrected chi connectivity index (χ0v) is 12.8. The van der Waals surface area contributed by atoms with Crippen molar-refractivity contribution in [3.63, 3.8) is 0 Å². The fourth-order valence-corrected chi connectivity index (χ4v) is 2.30. The van der Waals surface area contributed by atoms with E-state index in [-0.39, 0.29) is 21.1 Å². The maximum Gasteiger partial charge on any atom is 0.335 e. The minimum absolute atomic E-state index is 0.0583. The van der Waals surface area contributed by atoms with Crippen LogP contribution in [0.25, 0.3) is 0 Å². The zero-order valence-electron chi connectivity index (χ0n) is 10.6. The van der Waals surface area contributed by atoms with Gasteiger partial charge in [0.1, 0.15) is 23.3 Å². The smallest absolute Gasteiger partial charge is 0.335 e. The molecule has 1 fully saturated rings. The molecule has 1 aliphatic heterocycles. The van der Waals surface area contributed by atoms with E-state index in [0.717, 1.165) is 0 Å². The summed E-state index contributed by atoms with van der Waals surface area (Å²) >= 11 is 17.2. The molecule has 1 aliphatic rings. The van der Waals surface area contributed by atoms with Gasteiger partial charge < -0.3 is 29.9 Å². The van der Waals surface area contributed by atoms with Gasteiger partial charge in [0.2, 0.25) is 12.2 Å². The van der Waals surface area contributed by atoms with E-state index in [1.54, 1.807) is 0 Å². The third kappa shape index (κ3) is 3.38. The Morgan fingerprint density at radius 3 is 2.36 bits per heavy atom. The largest absolute Gasteiger partial charge is 0.479 e. The molecule has 0 bridgehead atoms. The normalized spacial score (nSPS) is 31.8. The molecular formula is C11H10Cl3NO7. The summed E-state index contributed by atoms with van der Waals surface area (Å²) in [6, 6.07) is 1.23. The lowest BCUT2D eigenvalue weighted by atomic mass is 9.99. The zero-order chi connectivity index (χ0) is 16.6. The maximum absolute atomic E-state index is 11.0. The van der Waals surface area contributed by atoms with Gasteiger partial charge in [0, 0.05) is 0 Å². The molecule has 0 spiro atoms. The number of nitrogens with zero attached hydrogens (tertiary/aromatic N) is 1. The third-order valence-corrected chi connectivity index (χ3v) is 3.84. The van der Waals surface area contributed by atoms with Gasteiger partial charge in [-0.05, 0) is 6.07 Å². The van der Waals surface area contributed by atoms with Crippen LogP contribution in [0.3, 0.4) is 0 Å². The summed E-state index contributed by atoms with van der Waals surface area (Å²) in [4.78, 5) is 14.7. The molecule has 0 amide bonds. The van der Waals surface area contributed by atoms with Crippen LogP contribution in [-0.4, -0.2) is 62.1 Å². The van der Waals surface area contributed by atoms with Gasteiger partial charge in [-0.3, -0.25) is 0 Å². The molecule has 0 aromatic carbocycles. The second-order valence-corrected chi connectivity index (χ2v) is 5.57. The standard InChI is InChI=1S/C11H10Cl3NO7/c12-2-1-3(13)9(15-8(2)14)22-11-6(18)4(16)5(17)7(21-11)10(19)20/h1,4-7,11,16-18H,(H,19,20)/t4-,5-,6+,7+,11-/m0/s1. The Bertz CT molecular complexity index is 587. The number of rotatable bonds is 3. The van der Waals surface area contributed by atoms with Crippen molar-refractivity contribution in [2.24, 2.45) is 0 Å². The molecule has 22 heavy (non-hydrogen) atoms. The molecule has 4 N–H and O–H groups in total. The summed E-state index contributed by atoms with van der Waals surface area (Å²) in [5.41, 5.74) is 0. The Kier molecular flexibility index (Phi) is 5.33. The molecule has 2 heterocycles. The van der Waals surface area contributed by atoms with Crippen LogP contribution in [0, 0.1) is 0 Å². The van der Waals surface area contributed by atoms with Gasteiger partial charge in [0.05, 0.1) is 5.02 Å². The molecule has 0 unspecified atom stereocenters. The topological polar surface area (TPSA) is 129 Å². The highest BCUT2D eigenvalue weighted by molar-refractivity contribution is 6.42. The molecule has 122 valence electrons. The molecule has 2 rings (SSSR count). The van der Waals surface area contributed by atoms with Crippen LogP contribution in [0.2, 0.25) is 15.2 Å². The summed E-state index contributed by atoms with van der Waals surface area (Å²) in [5, 5.41) is 37.8. The monoisotopic (exact) mass is 373 g/mol. The Balaban J connectivity index is 2.24. The van der Waals surface area contributed by atoms with E-state index in [1.807, 2.05) is 0 Å². The van der Waals surface area contributed by atoms with E-state index in [4.69, 9.17) is 49.4 Å². The average molecular weight is 375 g/mol.